The molecule has 0 aromatic heterocycles. The zero-order valence-corrected chi connectivity index (χ0v) is 7.47. The van der Waals surface area contributed by atoms with Gasteiger partial charge in [-0.2, -0.15) is 8.42 Å². The van der Waals surface area contributed by atoms with Crippen LogP contribution in [-0.4, -0.2) is 26.0 Å². The predicted molar refractivity (Wildman–Crippen MR) is 42.5 cm³/mol. The van der Waals surface area contributed by atoms with Crippen LogP contribution in [-0.2, 0) is 15.0 Å². The van der Waals surface area contributed by atoms with Crippen molar-refractivity contribution in [1.29, 1.82) is 0 Å². The number of nitrogens with one attached hydrogen (secondary N) is 1. The van der Waals surface area contributed by atoms with Gasteiger partial charge in [0.1, 0.15) is 0 Å². The molecule has 6 nitrogen and oxygen atoms in total. The maximum atomic E-state index is 10.3. The van der Waals surface area contributed by atoms with E-state index >= 15 is 0 Å². The molecule has 7 heteroatoms. The van der Waals surface area contributed by atoms with E-state index in [2.05, 4.69) is 5.14 Å². The van der Waals surface area contributed by atoms with Crippen LogP contribution in [0.2, 0.25) is 0 Å². The van der Waals surface area contributed by atoms with Crippen LogP contribution in [0.4, 0.5) is 0 Å². The monoisotopic (exact) mass is 196 g/mol. The molecule has 0 saturated carbocycles. The standard InChI is InChI=1S/C5H12N2O4S/c1-4(5(8)9)2-3-7-12(6,10)11/h4,7H,2-3H2,1H3,(H,8,9)(H2,6,10,11). The Bertz CT molecular complexity index is 248. The van der Waals surface area contributed by atoms with Gasteiger partial charge in [0.15, 0.2) is 0 Å². The van der Waals surface area contributed by atoms with Gasteiger partial charge in [-0.05, 0) is 6.42 Å². The highest BCUT2D eigenvalue weighted by Gasteiger charge is 2.10. The third-order valence-corrected chi connectivity index (χ3v) is 1.91. The van der Waals surface area contributed by atoms with E-state index < -0.39 is 22.1 Å². The molecule has 0 aliphatic heterocycles. The third-order valence-electron chi connectivity index (χ3n) is 1.30. The minimum atomic E-state index is -3.69. The van der Waals surface area contributed by atoms with E-state index in [9.17, 15) is 13.2 Å². The molecule has 0 rings (SSSR count). The fraction of sp³-hybridized carbons (Fsp3) is 0.800. The molecule has 0 fully saturated rings. The summed E-state index contributed by atoms with van der Waals surface area (Å²) >= 11 is 0. The van der Waals surface area contributed by atoms with Crippen molar-refractivity contribution in [3.05, 3.63) is 0 Å². The van der Waals surface area contributed by atoms with Crippen LogP contribution in [0, 0.1) is 5.92 Å². The van der Waals surface area contributed by atoms with E-state index in [4.69, 9.17) is 5.11 Å². The Morgan fingerprint density at radius 1 is 1.67 bits per heavy atom. The van der Waals surface area contributed by atoms with Crippen LogP contribution in [0.5, 0.6) is 0 Å². The minimum Gasteiger partial charge on any atom is -0.481 e. The molecule has 4 N–H and O–H groups in total. The average molecular weight is 196 g/mol. The van der Waals surface area contributed by atoms with Gasteiger partial charge in [-0.1, -0.05) is 6.92 Å². The molecule has 0 spiro atoms. The summed E-state index contributed by atoms with van der Waals surface area (Å²) in [7, 11) is -3.69. The fourth-order valence-electron chi connectivity index (χ4n) is 0.541. The second-order valence-electron chi connectivity index (χ2n) is 2.47. The number of aliphatic carboxylic acids is 1. The molecule has 0 saturated heterocycles. The Morgan fingerprint density at radius 3 is 2.50 bits per heavy atom. The lowest BCUT2D eigenvalue weighted by Gasteiger charge is -2.05. The molecule has 0 amide bonds. The molecule has 0 aliphatic carbocycles. The molecular formula is C5H12N2O4S. The van der Waals surface area contributed by atoms with Crippen molar-refractivity contribution >= 4 is 16.2 Å². The first kappa shape index (κ1) is 11.3. The smallest absolute Gasteiger partial charge is 0.306 e. The van der Waals surface area contributed by atoms with Crippen LogP contribution >= 0.6 is 0 Å². The Balaban J connectivity index is 3.65. The highest BCUT2D eigenvalue weighted by molar-refractivity contribution is 7.87. The Morgan fingerprint density at radius 2 is 2.17 bits per heavy atom. The lowest BCUT2D eigenvalue weighted by atomic mass is 10.1. The summed E-state index contributed by atoms with van der Waals surface area (Å²) in [4.78, 5) is 10.2. The number of hydrogen-bond donors (Lipinski definition) is 3. The zero-order valence-electron chi connectivity index (χ0n) is 6.65. The normalized spacial score (nSPS) is 14.2. The van der Waals surface area contributed by atoms with Crippen molar-refractivity contribution in [2.45, 2.75) is 13.3 Å². The topological polar surface area (TPSA) is 109 Å². The van der Waals surface area contributed by atoms with E-state index in [0.717, 1.165) is 0 Å². The first-order valence-corrected chi connectivity index (χ1v) is 4.88. The van der Waals surface area contributed by atoms with Crippen LogP contribution < -0.4 is 9.86 Å². The first-order chi connectivity index (χ1) is 5.33. The van der Waals surface area contributed by atoms with E-state index in [0.29, 0.717) is 0 Å². The number of nitrogens with two attached hydrogens (primary N) is 1. The highest BCUT2D eigenvalue weighted by Crippen LogP contribution is 1.99. The van der Waals surface area contributed by atoms with Gasteiger partial charge in [0, 0.05) is 6.54 Å². The number of carbonyl (C=O) groups is 1. The summed E-state index contributed by atoms with van der Waals surface area (Å²) in [6.45, 7) is 1.54. The number of hydrogen-bond acceptors (Lipinski definition) is 3. The van der Waals surface area contributed by atoms with Gasteiger partial charge in [0.25, 0.3) is 10.2 Å². The Labute approximate surface area is 70.9 Å². The van der Waals surface area contributed by atoms with Gasteiger partial charge in [0.05, 0.1) is 5.92 Å². The molecule has 0 bridgehead atoms. The largest absolute Gasteiger partial charge is 0.481 e. The third kappa shape index (κ3) is 6.08. The first-order valence-electron chi connectivity index (χ1n) is 3.33. The van der Waals surface area contributed by atoms with E-state index in [1.807, 2.05) is 4.72 Å². The maximum absolute atomic E-state index is 10.3. The molecule has 0 aliphatic rings. The van der Waals surface area contributed by atoms with E-state index in [-0.39, 0.29) is 13.0 Å². The number of carboxylic acid groups (broad SMARTS) is 1. The lowest BCUT2D eigenvalue weighted by Crippen LogP contribution is -2.32. The molecule has 1 atom stereocenters. The molecule has 0 radical (unpaired) electrons. The summed E-state index contributed by atoms with van der Waals surface area (Å²) < 4.78 is 22.6. The van der Waals surface area contributed by atoms with Gasteiger partial charge in [-0.15, -0.1) is 0 Å². The molecule has 0 heterocycles. The van der Waals surface area contributed by atoms with Crippen molar-refractivity contribution in [3.8, 4) is 0 Å². The number of rotatable bonds is 5. The molecule has 1 unspecified atom stereocenters. The quantitative estimate of drug-likeness (QED) is 0.518. The van der Waals surface area contributed by atoms with Crippen molar-refractivity contribution in [2.24, 2.45) is 11.1 Å². The zero-order chi connectivity index (χ0) is 9.78. The Hall–Kier alpha value is -0.660. The Kier molecular flexibility index (Phi) is 4.15. The summed E-state index contributed by atoms with van der Waals surface area (Å²) in [6, 6.07) is 0. The lowest BCUT2D eigenvalue weighted by molar-refractivity contribution is -0.141. The van der Waals surface area contributed by atoms with Crippen LogP contribution in [0.3, 0.4) is 0 Å². The molecule has 0 aromatic rings. The van der Waals surface area contributed by atoms with Gasteiger partial charge >= 0.3 is 5.97 Å². The SMILES string of the molecule is CC(CCNS(N)(=O)=O)C(=O)O. The van der Waals surface area contributed by atoms with E-state index in [1.165, 1.54) is 6.92 Å². The second kappa shape index (κ2) is 4.39. The minimum absolute atomic E-state index is 0.0479. The molecule has 12 heavy (non-hydrogen) atoms. The van der Waals surface area contributed by atoms with Crippen LogP contribution in [0.25, 0.3) is 0 Å². The van der Waals surface area contributed by atoms with Gasteiger partial charge < -0.3 is 5.11 Å². The maximum Gasteiger partial charge on any atom is 0.306 e. The van der Waals surface area contributed by atoms with Gasteiger partial charge in [-0.25, -0.2) is 9.86 Å². The second-order valence-corrected chi connectivity index (χ2v) is 3.85. The van der Waals surface area contributed by atoms with E-state index in [1.54, 1.807) is 0 Å². The molecule has 72 valence electrons. The van der Waals surface area contributed by atoms with Crippen molar-refractivity contribution in [1.82, 2.24) is 4.72 Å². The fourth-order valence-corrected chi connectivity index (χ4v) is 0.944. The summed E-state index contributed by atoms with van der Waals surface area (Å²) in [5, 5.41) is 13.0. The number of carboxylic acids is 1. The summed E-state index contributed by atoms with van der Waals surface area (Å²) in [6.07, 6.45) is 0.228. The average Bonchev–Trinajstić information content (AvgIpc) is 1.84. The summed E-state index contributed by atoms with van der Waals surface area (Å²) in [5.41, 5.74) is 0. The highest BCUT2D eigenvalue weighted by atomic mass is 32.2. The van der Waals surface area contributed by atoms with Crippen molar-refractivity contribution < 1.29 is 18.3 Å². The van der Waals surface area contributed by atoms with Gasteiger partial charge in [-0.3, -0.25) is 4.79 Å². The van der Waals surface area contributed by atoms with Gasteiger partial charge in [0.2, 0.25) is 0 Å². The molecule has 0 aromatic carbocycles. The molecular weight excluding hydrogens is 184 g/mol. The van der Waals surface area contributed by atoms with Crippen molar-refractivity contribution in [3.63, 3.8) is 0 Å². The van der Waals surface area contributed by atoms with Crippen LogP contribution in [0.1, 0.15) is 13.3 Å². The summed E-state index contributed by atoms with van der Waals surface area (Å²) in [5.74, 6) is -1.52. The van der Waals surface area contributed by atoms with Crippen LogP contribution in [0.15, 0.2) is 0 Å². The predicted octanol–water partition coefficient (Wildman–Crippen LogP) is -1.11. The van der Waals surface area contributed by atoms with Crippen molar-refractivity contribution in [2.75, 3.05) is 6.54 Å².